The molecule has 0 unspecified atom stereocenters. The Labute approximate surface area is 147 Å². The number of amides is 1. The van der Waals surface area contributed by atoms with Crippen LogP contribution >= 0.6 is 0 Å². The lowest BCUT2D eigenvalue weighted by Gasteiger charge is -2.07. The molecule has 3 aromatic rings. The number of hydrogen-bond donors (Lipinski definition) is 2. The Morgan fingerprint density at radius 3 is 2.58 bits per heavy atom. The predicted molar refractivity (Wildman–Crippen MR) is 94.9 cm³/mol. The van der Waals surface area contributed by atoms with Crippen molar-refractivity contribution in [1.29, 1.82) is 0 Å². The summed E-state index contributed by atoms with van der Waals surface area (Å²) in [7, 11) is 0. The lowest BCUT2D eigenvalue weighted by molar-refractivity contribution is 0.0526. The van der Waals surface area contributed by atoms with E-state index in [1.54, 1.807) is 6.92 Å². The molecule has 26 heavy (non-hydrogen) atoms. The molecule has 2 aromatic carbocycles. The number of fused-ring (bicyclic) bond motifs is 1. The standard InChI is InChI=1S/C19H15FN2O4/c1-2-26-19(25)11-3-6-13(7-4-11)22-18(24)15-10-21-16-8-5-12(20)9-14(16)17(15)23/h3-10H,2H2,1H3,(H,21,23)(H,22,24). The second-order valence-electron chi connectivity index (χ2n) is 5.47. The van der Waals surface area contributed by atoms with Crippen molar-refractivity contribution in [2.75, 3.05) is 11.9 Å². The summed E-state index contributed by atoms with van der Waals surface area (Å²) >= 11 is 0. The fourth-order valence-corrected chi connectivity index (χ4v) is 2.46. The number of H-pyrrole nitrogens is 1. The van der Waals surface area contributed by atoms with Crippen LogP contribution in [0.5, 0.6) is 0 Å². The third kappa shape index (κ3) is 3.46. The number of anilines is 1. The average Bonchev–Trinajstić information content (AvgIpc) is 2.63. The monoisotopic (exact) mass is 354 g/mol. The highest BCUT2D eigenvalue weighted by atomic mass is 19.1. The Hall–Kier alpha value is -3.48. The number of nitrogens with one attached hydrogen (secondary N) is 2. The molecular formula is C19H15FN2O4. The van der Waals surface area contributed by atoms with Crippen LogP contribution in [-0.4, -0.2) is 23.5 Å². The highest BCUT2D eigenvalue weighted by Crippen LogP contribution is 2.13. The Morgan fingerprint density at radius 2 is 1.88 bits per heavy atom. The van der Waals surface area contributed by atoms with Gasteiger partial charge in [0.1, 0.15) is 11.4 Å². The molecule has 3 rings (SSSR count). The number of benzene rings is 2. The molecule has 2 N–H and O–H groups in total. The summed E-state index contributed by atoms with van der Waals surface area (Å²) < 4.78 is 18.2. The Morgan fingerprint density at radius 1 is 1.15 bits per heavy atom. The Kier molecular flexibility index (Phi) is 4.79. The number of carbonyl (C=O) groups excluding carboxylic acids is 2. The van der Waals surface area contributed by atoms with E-state index in [0.29, 0.717) is 16.8 Å². The summed E-state index contributed by atoms with van der Waals surface area (Å²) in [6.45, 7) is 1.97. The number of hydrogen-bond acceptors (Lipinski definition) is 4. The smallest absolute Gasteiger partial charge is 0.338 e. The second-order valence-corrected chi connectivity index (χ2v) is 5.47. The van der Waals surface area contributed by atoms with Crippen molar-refractivity contribution in [3.05, 3.63) is 75.8 Å². The fourth-order valence-electron chi connectivity index (χ4n) is 2.46. The summed E-state index contributed by atoms with van der Waals surface area (Å²) in [4.78, 5) is 39.2. The van der Waals surface area contributed by atoms with Gasteiger partial charge in [0.15, 0.2) is 0 Å². The van der Waals surface area contributed by atoms with Crippen LogP contribution in [-0.2, 0) is 4.74 Å². The largest absolute Gasteiger partial charge is 0.462 e. The van der Waals surface area contributed by atoms with Crippen LogP contribution in [0.1, 0.15) is 27.6 Å². The number of esters is 1. The zero-order chi connectivity index (χ0) is 18.7. The van der Waals surface area contributed by atoms with Crippen molar-refractivity contribution in [3.8, 4) is 0 Å². The van der Waals surface area contributed by atoms with Crippen molar-refractivity contribution in [2.24, 2.45) is 0 Å². The lowest BCUT2D eigenvalue weighted by atomic mass is 10.1. The maximum Gasteiger partial charge on any atom is 0.338 e. The third-order valence-electron chi connectivity index (χ3n) is 3.74. The highest BCUT2D eigenvalue weighted by molar-refractivity contribution is 6.05. The van der Waals surface area contributed by atoms with Crippen LogP contribution in [0, 0.1) is 5.82 Å². The predicted octanol–water partition coefficient (Wildman–Crippen LogP) is 3.10. The summed E-state index contributed by atoms with van der Waals surface area (Å²) in [6, 6.07) is 9.81. The van der Waals surface area contributed by atoms with E-state index < -0.39 is 23.1 Å². The van der Waals surface area contributed by atoms with Gasteiger partial charge in [0.25, 0.3) is 5.91 Å². The lowest BCUT2D eigenvalue weighted by Crippen LogP contribution is -2.22. The molecule has 0 aliphatic heterocycles. The van der Waals surface area contributed by atoms with Gasteiger partial charge in [-0.05, 0) is 49.4 Å². The van der Waals surface area contributed by atoms with E-state index in [0.717, 1.165) is 6.07 Å². The number of carbonyl (C=O) groups is 2. The molecular weight excluding hydrogens is 339 g/mol. The van der Waals surface area contributed by atoms with Gasteiger partial charge in [0.2, 0.25) is 5.43 Å². The van der Waals surface area contributed by atoms with Gasteiger partial charge >= 0.3 is 5.97 Å². The van der Waals surface area contributed by atoms with E-state index in [2.05, 4.69) is 10.3 Å². The number of halogens is 1. The zero-order valence-electron chi connectivity index (χ0n) is 13.8. The van der Waals surface area contributed by atoms with Gasteiger partial charge < -0.3 is 15.0 Å². The SMILES string of the molecule is CCOC(=O)c1ccc(NC(=O)c2c[nH]c3ccc(F)cc3c2=O)cc1. The fraction of sp³-hybridized carbons (Fsp3) is 0.105. The van der Waals surface area contributed by atoms with Crippen molar-refractivity contribution >= 4 is 28.5 Å². The molecule has 0 saturated heterocycles. The molecule has 7 heteroatoms. The van der Waals surface area contributed by atoms with E-state index >= 15 is 0 Å². The van der Waals surface area contributed by atoms with Crippen molar-refractivity contribution in [2.45, 2.75) is 6.92 Å². The van der Waals surface area contributed by atoms with Crippen LogP contribution in [0.25, 0.3) is 10.9 Å². The molecule has 0 atom stereocenters. The van der Waals surface area contributed by atoms with Gasteiger partial charge in [-0.2, -0.15) is 0 Å². The minimum absolute atomic E-state index is 0.0929. The maximum absolute atomic E-state index is 13.4. The summed E-state index contributed by atoms with van der Waals surface area (Å²) in [5.74, 6) is -1.66. The second kappa shape index (κ2) is 7.18. The number of ether oxygens (including phenoxy) is 1. The molecule has 0 radical (unpaired) electrons. The Balaban J connectivity index is 1.84. The van der Waals surface area contributed by atoms with Crippen molar-refractivity contribution in [1.82, 2.24) is 4.98 Å². The first-order valence-corrected chi connectivity index (χ1v) is 7.89. The molecule has 6 nitrogen and oxygen atoms in total. The summed E-state index contributed by atoms with van der Waals surface area (Å²) in [5.41, 5.74) is 0.480. The van der Waals surface area contributed by atoms with Crippen LogP contribution < -0.4 is 10.7 Å². The number of aromatic amines is 1. The molecule has 0 fully saturated rings. The van der Waals surface area contributed by atoms with Crippen LogP contribution in [0.15, 0.2) is 53.5 Å². The quantitative estimate of drug-likeness (QED) is 0.705. The summed E-state index contributed by atoms with van der Waals surface area (Å²) in [5, 5.41) is 2.66. The van der Waals surface area contributed by atoms with Gasteiger partial charge in [-0.3, -0.25) is 9.59 Å². The van der Waals surface area contributed by atoms with E-state index in [1.165, 1.54) is 42.6 Å². The van der Waals surface area contributed by atoms with Gasteiger partial charge in [-0.15, -0.1) is 0 Å². The van der Waals surface area contributed by atoms with Gasteiger partial charge in [-0.25, -0.2) is 9.18 Å². The first-order valence-electron chi connectivity index (χ1n) is 7.89. The topological polar surface area (TPSA) is 88.3 Å². The number of pyridine rings is 1. The minimum atomic E-state index is -0.638. The maximum atomic E-state index is 13.4. The molecule has 0 spiro atoms. The van der Waals surface area contributed by atoms with E-state index in [1.807, 2.05) is 0 Å². The first kappa shape index (κ1) is 17.3. The van der Waals surface area contributed by atoms with E-state index in [4.69, 9.17) is 4.74 Å². The molecule has 0 bridgehead atoms. The van der Waals surface area contributed by atoms with Crippen LogP contribution in [0.4, 0.5) is 10.1 Å². The Bertz CT molecular complexity index is 1040. The molecule has 0 aliphatic carbocycles. The molecule has 1 amide bonds. The normalized spacial score (nSPS) is 10.5. The van der Waals surface area contributed by atoms with Crippen molar-refractivity contribution < 1.29 is 18.7 Å². The third-order valence-corrected chi connectivity index (χ3v) is 3.74. The highest BCUT2D eigenvalue weighted by Gasteiger charge is 2.14. The molecule has 132 valence electrons. The molecule has 1 heterocycles. The van der Waals surface area contributed by atoms with E-state index in [-0.39, 0.29) is 17.6 Å². The zero-order valence-corrected chi connectivity index (χ0v) is 13.8. The molecule has 0 aliphatic rings. The summed E-state index contributed by atoms with van der Waals surface area (Å²) in [6.07, 6.45) is 1.28. The molecule has 1 aromatic heterocycles. The average molecular weight is 354 g/mol. The van der Waals surface area contributed by atoms with Crippen molar-refractivity contribution in [3.63, 3.8) is 0 Å². The van der Waals surface area contributed by atoms with E-state index in [9.17, 15) is 18.8 Å². The number of rotatable bonds is 4. The van der Waals surface area contributed by atoms with Gasteiger partial charge in [0, 0.05) is 22.8 Å². The van der Waals surface area contributed by atoms with Crippen LogP contribution in [0.3, 0.4) is 0 Å². The molecule has 0 saturated carbocycles. The minimum Gasteiger partial charge on any atom is -0.462 e. The number of aromatic nitrogens is 1. The first-order chi connectivity index (χ1) is 12.5. The van der Waals surface area contributed by atoms with Gasteiger partial charge in [0.05, 0.1) is 12.2 Å². The van der Waals surface area contributed by atoms with Crippen LogP contribution in [0.2, 0.25) is 0 Å². The van der Waals surface area contributed by atoms with Gasteiger partial charge in [-0.1, -0.05) is 0 Å².